The summed E-state index contributed by atoms with van der Waals surface area (Å²) in [6.45, 7) is 7.37. The third-order valence-corrected chi connectivity index (χ3v) is 2.61. The summed E-state index contributed by atoms with van der Waals surface area (Å²) in [5.74, 6) is 0.656. The minimum absolute atomic E-state index is 0.578. The first kappa shape index (κ1) is 12.1. The summed E-state index contributed by atoms with van der Waals surface area (Å²) in [4.78, 5) is 0. The average Bonchev–Trinajstić information content (AvgIpc) is 1.96. The molecular formula is C8H18NO2S-. The third-order valence-electron chi connectivity index (χ3n) is 1.75. The Balaban J connectivity index is 3.52. The summed E-state index contributed by atoms with van der Waals surface area (Å²) in [5, 5.41) is 0. The van der Waals surface area contributed by atoms with E-state index in [0.717, 1.165) is 12.8 Å². The van der Waals surface area contributed by atoms with Crippen LogP contribution in [-0.4, -0.2) is 26.2 Å². The summed E-state index contributed by atoms with van der Waals surface area (Å²) >= 11 is -2.03. The molecule has 0 rings (SSSR count). The van der Waals surface area contributed by atoms with E-state index in [9.17, 15) is 8.76 Å². The molecule has 1 unspecified atom stereocenters. The molecule has 0 aliphatic carbocycles. The van der Waals surface area contributed by atoms with E-state index >= 15 is 0 Å². The van der Waals surface area contributed by atoms with Gasteiger partial charge in [0.1, 0.15) is 0 Å². The van der Waals surface area contributed by atoms with E-state index in [4.69, 9.17) is 0 Å². The van der Waals surface area contributed by atoms with Crippen LogP contribution in [-0.2, 0) is 11.3 Å². The zero-order chi connectivity index (χ0) is 9.56. The maximum absolute atomic E-state index is 10.5. The smallest absolute Gasteiger partial charge is 0.0209 e. The van der Waals surface area contributed by atoms with Gasteiger partial charge in [-0.25, -0.2) is 4.31 Å². The van der Waals surface area contributed by atoms with Gasteiger partial charge >= 0.3 is 0 Å². The molecule has 3 nitrogen and oxygen atoms in total. The van der Waals surface area contributed by atoms with Crippen LogP contribution in [0.25, 0.3) is 0 Å². The highest BCUT2D eigenvalue weighted by Crippen LogP contribution is 2.05. The van der Waals surface area contributed by atoms with Gasteiger partial charge in [0.05, 0.1) is 0 Å². The van der Waals surface area contributed by atoms with Gasteiger partial charge in [0, 0.05) is 24.4 Å². The van der Waals surface area contributed by atoms with E-state index in [2.05, 4.69) is 13.8 Å². The van der Waals surface area contributed by atoms with Crippen molar-refractivity contribution in [2.24, 2.45) is 5.92 Å². The molecule has 0 bridgehead atoms. The van der Waals surface area contributed by atoms with E-state index < -0.39 is 11.3 Å². The van der Waals surface area contributed by atoms with Gasteiger partial charge in [0.2, 0.25) is 0 Å². The number of rotatable bonds is 6. The molecule has 0 saturated heterocycles. The van der Waals surface area contributed by atoms with Crippen LogP contribution in [0.4, 0.5) is 0 Å². The van der Waals surface area contributed by atoms with Crippen molar-refractivity contribution < 1.29 is 8.76 Å². The van der Waals surface area contributed by atoms with Crippen molar-refractivity contribution in [1.82, 2.24) is 4.31 Å². The van der Waals surface area contributed by atoms with Gasteiger partial charge in [-0.3, -0.25) is 4.21 Å². The van der Waals surface area contributed by atoms with Crippen molar-refractivity contribution in [3.63, 3.8) is 0 Å². The highest BCUT2D eigenvalue weighted by atomic mass is 32.2. The quantitative estimate of drug-likeness (QED) is 0.599. The van der Waals surface area contributed by atoms with Gasteiger partial charge in [0.15, 0.2) is 0 Å². The molecule has 74 valence electrons. The number of hydrogen-bond acceptors (Lipinski definition) is 2. The molecule has 0 aromatic carbocycles. The lowest BCUT2D eigenvalue weighted by atomic mass is 10.1. The minimum atomic E-state index is -2.03. The zero-order valence-corrected chi connectivity index (χ0v) is 8.89. The monoisotopic (exact) mass is 192 g/mol. The molecule has 0 amide bonds. The van der Waals surface area contributed by atoms with Crippen LogP contribution >= 0.6 is 0 Å². The van der Waals surface area contributed by atoms with Crippen LogP contribution in [0.15, 0.2) is 0 Å². The summed E-state index contributed by atoms with van der Waals surface area (Å²) in [6, 6.07) is 0. The molecule has 0 aromatic heterocycles. The lowest BCUT2D eigenvalue weighted by molar-refractivity contribution is 0.381. The molecule has 0 fully saturated rings. The Hall–Kier alpha value is 0.0700. The summed E-state index contributed by atoms with van der Waals surface area (Å²) in [5.41, 5.74) is 0. The predicted molar refractivity (Wildman–Crippen MR) is 50.2 cm³/mol. The fourth-order valence-electron chi connectivity index (χ4n) is 1.01. The lowest BCUT2D eigenvalue weighted by Gasteiger charge is -2.22. The molecule has 0 aromatic rings. The molecule has 0 radical (unpaired) electrons. The SMILES string of the molecule is CCN(CCCC(C)C)S(=O)[O-]. The van der Waals surface area contributed by atoms with Crippen LogP contribution in [0, 0.1) is 5.92 Å². The molecule has 4 heteroatoms. The van der Waals surface area contributed by atoms with Gasteiger partial charge in [-0.15, -0.1) is 0 Å². The maximum Gasteiger partial charge on any atom is 0.0209 e. The maximum atomic E-state index is 10.5. The largest absolute Gasteiger partial charge is 0.760 e. The van der Waals surface area contributed by atoms with Gasteiger partial charge in [-0.05, 0) is 18.8 Å². The normalized spacial score (nSPS) is 14.2. The standard InChI is InChI=1S/C8H19NO2S/c1-4-9(12(10)11)7-5-6-8(2)3/h8H,4-7H2,1-3H3,(H,10,11)/p-1. The Morgan fingerprint density at radius 2 is 2.08 bits per heavy atom. The Bertz CT molecular complexity index is 139. The van der Waals surface area contributed by atoms with E-state index in [-0.39, 0.29) is 0 Å². The lowest BCUT2D eigenvalue weighted by Crippen LogP contribution is -2.26. The highest BCUT2D eigenvalue weighted by molar-refractivity contribution is 7.76. The van der Waals surface area contributed by atoms with Crippen LogP contribution in [0.2, 0.25) is 0 Å². The predicted octanol–water partition coefficient (Wildman–Crippen LogP) is 1.54. The van der Waals surface area contributed by atoms with Crippen LogP contribution in [0.5, 0.6) is 0 Å². The second kappa shape index (κ2) is 6.57. The summed E-state index contributed by atoms with van der Waals surface area (Å²) in [7, 11) is 0. The zero-order valence-electron chi connectivity index (χ0n) is 8.08. The fourth-order valence-corrected chi connectivity index (χ4v) is 1.50. The van der Waals surface area contributed by atoms with Crippen molar-refractivity contribution in [2.45, 2.75) is 33.6 Å². The second-order valence-electron chi connectivity index (χ2n) is 3.27. The van der Waals surface area contributed by atoms with Gasteiger partial charge in [-0.2, -0.15) is 0 Å². The second-order valence-corrected chi connectivity index (χ2v) is 4.23. The summed E-state index contributed by atoms with van der Waals surface area (Å²) in [6.07, 6.45) is 2.05. The molecular weight excluding hydrogens is 174 g/mol. The van der Waals surface area contributed by atoms with Crippen molar-refractivity contribution in [2.75, 3.05) is 13.1 Å². The van der Waals surface area contributed by atoms with Gasteiger partial charge in [-0.1, -0.05) is 20.8 Å². The molecule has 12 heavy (non-hydrogen) atoms. The number of nitrogens with zero attached hydrogens (tertiary/aromatic N) is 1. The van der Waals surface area contributed by atoms with Crippen LogP contribution < -0.4 is 0 Å². The fraction of sp³-hybridized carbons (Fsp3) is 1.00. The van der Waals surface area contributed by atoms with Crippen LogP contribution in [0.3, 0.4) is 0 Å². The minimum Gasteiger partial charge on any atom is -0.760 e. The summed E-state index contributed by atoms with van der Waals surface area (Å²) < 4.78 is 22.5. The van der Waals surface area contributed by atoms with E-state index in [1.165, 1.54) is 4.31 Å². The van der Waals surface area contributed by atoms with Gasteiger partial charge < -0.3 is 4.55 Å². The first-order chi connectivity index (χ1) is 5.57. The van der Waals surface area contributed by atoms with Crippen molar-refractivity contribution in [3.05, 3.63) is 0 Å². The molecule has 0 aliphatic heterocycles. The first-order valence-electron chi connectivity index (χ1n) is 4.42. The third kappa shape index (κ3) is 5.69. The first-order valence-corrected chi connectivity index (χ1v) is 5.45. The Labute approximate surface area is 77.6 Å². The average molecular weight is 192 g/mol. The van der Waals surface area contributed by atoms with Crippen molar-refractivity contribution in [3.8, 4) is 0 Å². The Morgan fingerprint density at radius 1 is 1.50 bits per heavy atom. The highest BCUT2D eigenvalue weighted by Gasteiger charge is 2.02. The Morgan fingerprint density at radius 3 is 2.42 bits per heavy atom. The van der Waals surface area contributed by atoms with E-state index in [0.29, 0.717) is 19.0 Å². The van der Waals surface area contributed by atoms with E-state index in [1.807, 2.05) is 6.92 Å². The van der Waals surface area contributed by atoms with Crippen LogP contribution in [0.1, 0.15) is 33.6 Å². The molecule has 1 atom stereocenters. The number of hydrogen-bond donors (Lipinski definition) is 0. The molecule has 0 aliphatic rings. The molecule has 0 N–H and O–H groups in total. The Kier molecular flexibility index (Phi) is 6.61. The topological polar surface area (TPSA) is 43.4 Å². The van der Waals surface area contributed by atoms with Crippen molar-refractivity contribution in [1.29, 1.82) is 0 Å². The van der Waals surface area contributed by atoms with Gasteiger partial charge in [0.25, 0.3) is 0 Å². The van der Waals surface area contributed by atoms with Crippen molar-refractivity contribution >= 4 is 11.3 Å². The molecule has 0 spiro atoms. The molecule has 0 saturated carbocycles. The molecule has 0 heterocycles. The van der Waals surface area contributed by atoms with E-state index in [1.54, 1.807) is 0 Å².